The van der Waals surface area contributed by atoms with Gasteiger partial charge in [-0.15, -0.1) is 5.10 Å². The molecule has 0 amide bonds. The Kier molecular flexibility index (Phi) is 3.45. The normalized spacial score (nSPS) is 11.7. The minimum absolute atomic E-state index is 0.137. The summed E-state index contributed by atoms with van der Waals surface area (Å²) in [4.78, 5) is 8.70. The summed E-state index contributed by atoms with van der Waals surface area (Å²) in [5, 5.41) is 11.2. The molecule has 0 spiro atoms. The first-order valence-corrected chi connectivity index (χ1v) is 7.51. The number of aromatic nitrogens is 6. The summed E-state index contributed by atoms with van der Waals surface area (Å²) in [5.41, 5.74) is 8.56. The lowest BCUT2D eigenvalue weighted by molar-refractivity contribution is 0.149. The van der Waals surface area contributed by atoms with Crippen molar-refractivity contribution in [2.75, 3.05) is 18.1 Å². The summed E-state index contributed by atoms with van der Waals surface area (Å²) in [6.45, 7) is 0. The summed E-state index contributed by atoms with van der Waals surface area (Å²) in [5.74, 6) is 0.688. The molecule has 0 aliphatic heterocycles. The maximum Gasteiger partial charge on any atom is 0.242 e. The number of rotatable bonds is 4. The Morgan fingerprint density at radius 1 is 1.20 bits per heavy atom. The molecule has 0 aliphatic rings. The van der Waals surface area contributed by atoms with Crippen molar-refractivity contribution in [2.45, 2.75) is 12.8 Å². The second kappa shape index (κ2) is 5.65. The molecule has 0 bridgehead atoms. The number of halogens is 2. The van der Waals surface area contributed by atoms with Crippen molar-refractivity contribution in [1.29, 1.82) is 0 Å². The van der Waals surface area contributed by atoms with Crippen molar-refractivity contribution in [1.82, 2.24) is 29.2 Å². The molecule has 4 aromatic rings. The zero-order valence-corrected chi connectivity index (χ0v) is 13.2. The third-order valence-electron chi connectivity index (χ3n) is 3.86. The van der Waals surface area contributed by atoms with Gasteiger partial charge >= 0.3 is 0 Å². The lowest BCUT2D eigenvalue weighted by atomic mass is 10.2. The zero-order chi connectivity index (χ0) is 17.6. The van der Waals surface area contributed by atoms with E-state index in [2.05, 4.69) is 25.5 Å². The Morgan fingerprint density at radius 2 is 2.00 bits per heavy atom. The highest BCUT2D eigenvalue weighted by molar-refractivity contribution is 5.87. The Balaban J connectivity index is 1.91. The lowest BCUT2D eigenvalue weighted by Gasteiger charge is -2.07. The molecule has 0 unspecified atom stereocenters. The van der Waals surface area contributed by atoms with Gasteiger partial charge in [0.15, 0.2) is 11.5 Å². The summed E-state index contributed by atoms with van der Waals surface area (Å²) in [6, 6.07) is 3.59. The van der Waals surface area contributed by atoms with Gasteiger partial charge in [-0.05, 0) is 12.1 Å². The van der Waals surface area contributed by atoms with Crippen LogP contribution in [0.15, 0.2) is 30.7 Å². The largest absolute Gasteiger partial charge is 0.371 e. The zero-order valence-electron chi connectivity index (χ0n) is 13.2. The van der Waals surface area contributed by atoms with Crippen LogP contribution in [-0.2, 0) is 6.42 Å². The molecule has 3 N–H and O–H groups in total. The topological polar surface area (TPSA) is 98.4 Å². The Bertz CT molecular complexity index is 1070. The highest BCUT2D eigenvalue weighted by Crippen LogP contribution is 2.29. The number of nitrogens with zero attached hydrogens (tertiary/aromatic N) is 6. The van der Waals surface area contributed by atoms with E-state index < -0.39 is 12.8 Å². The highest BCUT2D eigenvalue weighted by Gasteiger charge is 2.16. The summed E-state index contributed by atoms with van der Waals surface area (Å²) >= 11 is 0. The minimum atomic E-state index is -2.46. The number of hydrogen-bond donors (Lipinski definition) is 2. The van der Waals surface area contributed by atoms with E-state index in [1.807, 2.05) is 6.07 Å². The smallest absolute Gasteiger partial charge is 0.242 e. The van der Waals surface area contributed by atoms with Gasteiger partial charge < -0.3 is 11.1 Å². The van der Waals surface area contributed by atoms with E-state index in [1.54, 1.807) is 30.0 Å². The molecular weight excluding hydrogens is 330 g/mol. The molecule has 0 aliphatic carbocycles. The fraction of sp³-hybridized carbons (Fsp3) is 0.200. The number of nitrogens with two attached hydrogens (primary N) is 1. The number of alkyl halides is 2. The number of hydrogen-bond acceptors (Lipinski definition) is 6. The fourth-order valence-electron chi connectivity index (χ4n) is 2.80. The van der Waals surface area contributed by atoms with Gasteiger partial charge in [-0.1, -0.05) is 0 Å². The predicted octanol–water partition coefficient (Wildman–Crippen LogP) is 1.87. The van der Waals surface area contributed by atoms with Crippen LogP contribution in [0.4, 0.5) is 20.5 Å². The molecule has 8 nitrogen and oxygen atoms in total. The van der Waals surface area contributed by atoms with Gasteiger partial charge in [-0.25, -0.2) is 22.8 Å². The molecule has 10 heteroatoms. The monoisotopic (exact) mass is 344 g/mol. The Hall–Kier alpha value is -3.30. The van der Waals surface area contributed by atoms with Crippen molar-refractivity contribution in [3.63, 3.8) is 0 Å². The summed E-state index contributed by atoms with van der Waals surface area (Å²) in [6.07, 6.45) is 2.00. The third-order valence-corrected chi connectivity index (χ3v) is 3.86. The van der Waals surface area contributed by atoms with E-state index in [4.69, 9.17) is 5.73 Å². The Labute approximate surface area is 140 Å². The van der Waals surface area contributed by atoms with Crippen molar-refractivity contribution in [3.8, 4) is 11.3 Å². The van der Waals surface area contributed by atoms with Crippen LogP contribution in [-0.4, -0.2) is 42.7 Å². The maximum atomic E-state index is 12.7. The summed E-state index contributed by atoms with van der Waals surface area (Å²) < 4.78 is 28.6. The van der Waals surface area contributed by atoms with Gasteiger partial charge in [0.25, 0.3) is 0 Å². The second-order valence-electron chi connectivity index (χ2n) is 5.44. The molecule has 0 radical (unpaired) electrons. The van der Waals surface area contributed by atoms with E-state index in [-0.39, 0.29) is 5.95 Å². The molecule has 4 heterocycles. The molecule has 4 aromatic heterocycles. The van der Waals surface area contributed by atoms with Crippen molar-refractivity contribution >= 4 is 22.9 Å². The predicted molar refractivity (Wildman–Crippen MR) is 88.6 cm³/mol. The molecule has 0 fully saturated rings. The fourth-order valence-corrected chi connectivity index (χ4v) is 2.80. The average molecular weight is 344 g/mol. The van der Waals surface area contributed by atoms with Gasteiger partial charge in [-0.2, -0.15) is 10.1 Å². The van der Waals surface area contributed by atoms with Crippen LogP contribution in [0.3, 0.4) is 0 Å². The van der Waals surface area contributed by atoms with E-state index in [0.717, 1.165) is 5.56 Å². The van der Waals surface area contributed by atoms with Crippen LogP contribution in [0.5, 0.6) is 0 Å². The van der Waals surface area contributed by atoms with Crippen molar-refractivity contribution in [2.24, 2.45) is 0 Å². The third kappa shape index (κ3) is 2.51. The van der Waals surface area contributed by atoms with Crippen molar-refractivity contribution < 1.29 is 8.78 Å². The van der Waals surface area contributed by atoms with Gasteiger partial charge in [-0.3, -0.25) is 0 Å². The molecular formula is C15H14F2N8. The van der Waals surface area contributed by atoms with Crippen LogP contribution < -0.4 is 11.1 Å². The first-order chi connectivity index (χ1) is 12.1. The number of nitrogens with one attached hydrogen (secondary N) is 1. The van der Waals surface area contributed by atoms with Gasteiger partial charge in [0, 0.05) is 37.0 Å². The molecule has 0 saturated carbocycles. The maximum absolute atomic E-state index is 12.7. The average Bonchev–Trinajstić information content (AvgIpc) is 3.17. The Morgan fingerprint density at radius 3 is 2.76 bits per heavy atom. The first kappa shape index (κ1) is 15.2. The van der Waals surface area contributed by atoms with E-state index in [9.17, 15) is 8.78 Å². The molecule has 0 aromatic carbocycles. The summed E-state index contributed by atoms with van der Waals surface area (Å²) in [7, 11) is 1.73. The quantitative estimate of drug-likeness (QED) is 0.586. The molecule has 0 atom stereocenters. The van der Waals surface area contributed by atoms with E-state index in [1.165, 1.54) is 10.7 Å². The highest BCUT2D eigenvalue weighted by atomic mass is 19.3. The number of fused-ring (bicyclic) bond motifs is 2. The van der Waals surface area contributed by atoms with Gasteiger partial charge in [0.05, 0.1) is 11.9 Å². The SMILES string of the molecule is CNc1nc(N)nn2ccc(-c3ccn4ncc(CC(F)F)c4n3)c12. The van der Waals surface area contributed by atoms with Gasteiger partial charge in [0.1, 0.15) is 5.52 Å². The van der Waals surface area contributed by atoms with Gasteiger partial charge in [0.2, 0.25) is 12.4 Å². The van der Waals surface area contributed by atoms with Crippen LogP contribution in [0.25, 0.3) is 22.4 Å². The van der Waals surface area contributed by atoms with Crippen LogP contribution >= 0.6 is 0 Å². The van der Waals surface area contributed by atoms with E-state index >= 15 is 0 Å². The minimum Gasteiger partial charge on any atom is -0.371 e. The van der Waals surface area contributed by atoms with Crippen molar-refractivity contribution in [3.05, 3.63) is 36.3 Å². The molecule has 25 heavy (non-hydrogen) atoms. The van der Waals surface area contributed by atoms with Crippen LogP contribution in [0.2, 0.25) is 0 Å². The molecule has 4 rings (SSSR count). The standard InChI is InChI=1S/C15H14F2N8/c1-19-13-12-9(2-4-24(12)23-15(18)22-13)10-3-5-25-14(21-10)8(7-20-25)6-11(16)17/h2-5,7,11H,6H2,1H3,(H3,18,19,22,23). The molecule has 0 saturated heterocycles. The number of anilines is 2. The molecule has 128 valence electrons. The van der Waals surface area contributed by atoms with Crippen LogP contribution in [0, 0.1) is 0 Å². The first-order valence-electron chi connectivity index (χ1n) is 7.51. The number of nitrogen functional groups attached to an aromatic ring is 1. The lowest BCUT2D eigenvalue weighted by Crippen LogP contribution is -2.05. The second-order valence-corrected chi connectivity index (χ2v) is 5.44. The van der Waals surface area contributed by atoms with E-state index in [0.29, 0.717) is 28.2 Å². The van der Waals surface area contributed by atoms with Crippen LogP contribution in [0.1, 0.15) is 5.56 Å².